The lowest BCUT2D eigenvalue weighted by atomic mass is 10.2. The van der Waals surface area contributed by atoms with Crippen molar-refractivity contribution in [3.05, 3.63) is 63.5 Å². The summed E-state index contributed by atoms with van der Waals surface area (Å²) in [5.41, 5.74) is 2.71. The average molecular weight is 429 g/mol. The molecule has 6 nitrogen and oxygen atoms in total. The van der Waals surface area contributed by atoms with Crippen LogP contribution in [0.25, 0.3) is 10.2 Å². The van der Waals surface area contributed by atoms with Crippen LogP contribution in [-0.4, -0.2) is 53.0 Å². The molecule has 0 aliphatic carbocycles. The average Bonchev–Trinajstić information content (AvgIpc) is 3.02. The highest BCUT2D eigenvalue weighted by Gasteiger charge is 2.18. The molecule has 0 atom stereocenters. The molecule has 1 amide bonds. The van der Waals surface area contributed by atoms with Crippen molar-refractivity contribution in [1.82, 2.24) is 14.4 Å². The van der Waals surface area contributed by atoms with Gasteiger partial charge in [-0.25, -0.2) is 4.39 Å². The summed E-state index contributed by atoms with van der Waals surface area (Å²) in [5.74, 6) is -0.229. The van der Waals surface area contributed by atoms with Crippen molar-refractivity contribution in [3.8, 4) is 0 Å². The largest absolute Gasteiger partial charge is 0.326 e. The fourth-order valence-corrected chi connectivity index (χ4v) is 4.63. The second-order valence-electron chi connectivity index (χ2n) is 7.65. The van der Waals surface area contributed by atoms with Gasteiger partial charge in [0.1, 0.15) is 5.82 Å². The predicted octanol–water partition coefficient (Wildman–Crippen LogP) is 2.89. The quantitative estimate of drug-likeness (QED) is 0.656. The zero-order valence-electron chi connectivity index (χ0n) is 16.9. The number of amides is 1. The maximum atomic E-state index is 13.0. The van der Waals surface area contributed by atoms with Crippen LogP contribution in [0, 0.1) is 5.82 Å². The van der Waals surface area contributed by atoms with Crippen molar-refractivity contribution in [1.29, 1.82) is 0 Å². The Morgan fingerprint density at radius 2 is 1.77 bits per heavy atom. The van der Waals surface area contributed by atoms with Gasteiger partial charge in [0.2, 0.25) is 5.91 Å². The molecule has 0 bridgehead atoms. The molecule has 1 saturated heterocycles. The van der Waals surface area contributed by atoms with Gasteiger partial charge in [-0.05, 0) is 35.9 Å². The van der Waals surface area contributed by atoms with E-state index in [0.717, 1.165) is 60.7 Å². The van der Waals surface area contributed by atoms with Crippen LogP contribution in [0.3, 0.4) is 0 Å². The molecule has 1 N–H and O–H groups in total. The highest BCUT2D eigenvalue weighted by atomic mass is 32.1. The molecule has 4 rings (SSSR count). The number of piperazine rings is 1. The SMILES string of the molecule is Cn1c(=O)sc2cc(NC(=O)CCN3CCN(Cc4ccc(F)cc4)CC3)ccc21. The summed E-state index contributed by atoms with van der Waals surface area (Å²) in [6.45, 7) is 5.24. The van der Waals surface area contributed by atoms with E-state index < -0.39 is 0 Å². The molecule has 3 aromatic rings. The maximum Gasteiger partial charge on any atom is 0.307 e. The van der Waals surface area contributed by atoms with E-state index >= 15 is 0 Å². The number of hydrogen-bond donors (Lipinski definition) is 1. The molecule has 0 unspecified atom stereocenters. The van der Waals surface area contributed by atoms with Crippen molar-refractivity contribution in [2.45, 2.75) is 13.0 Å². The van der Waals surface area contributed by atoms with Crippen LogP contribution in [0.5, 0.6) is 0 Å². The zero-order chi connectivity index (χ0) is 21.1. The van der Waals surface area contributed by atoms with Crippen LogP contribution >= 0.6 is 11.3 Å². The van der Waals surface area contributed by atoms with Crippen molar-refractivity contribution in [2.75, 3.05) is 38.0 Å². The number of carbonyl (C=O) groups is 1. The Hall–Kier alpha value is -2.55. The second-order valence-corrected chi connectivity index (χ2v) is 8.65. The third-order valence-corrected chi connectivity index (χ3v) is 6.51. The number of nitrogens with zero attached hydrogens (tertiary/aromatic N) is 3. The number of aryl methyl sites for hydroxylation is 1. The van der Waals surface area contributed by atoms with E-state index in [4.69, 9.17) is 0 Å². The Morgan fingerprint density at radius 1 is 1.07 bits per heavy atom. The van der Waals surface area contributed by atoms with Gasteiger partial charge in [-0.15, -0.1) is 0 Å². The fraction of sp³-hybridized carbons (Fsp3) is 0.364. The first kappa shape index (κ1) is 20.7. The number of carbonyl (C=O) groups excluding carboxylic acids is 1. The summed E-state index contributed by atoms with van der Waals surface area (Å²) >= 11 is 1.18. The van der Waals surface area contributed by atoms with Crippen molar-refractivity contribution in [3.63, 3.8) is 0 Å². The number of fused-ring (bicyclic) bond motifs is 1. The number of anilines is 1. The first-order chi connectivity index (χ1) is 14.5. The summed E-state index contributed by atoms with van der Waals surface area (Å²) in [7, 11) is 1.75. The molecule has 1 aliphatic rings. The summed E-state index contributed by atoms with van der Waals surface area (Å²) in [6.07, 6.45) is 0.432. The Balaban J connectivity index is 1.22. The number of nitrogens with one attached hydrogen (secondary N) is 1. The predicted molar refractivity (Wildman–Crippen MR) is 118 cm³/mol. The van der Waals surface area contributed by atoms with Gasteiger partial charge in [-0.2, -0.15) is 0 Å². The number of halogens is 1. The van der Waals surface area contributed by atoms with Crippen LogP contribution in [0.2, 0.25) is 0 Å². The topological polar surface area (TPSA) is 57.6 Å². The Labute approximate surface area is 178 Å². The lowest BCUT2D eigenvalue weighted by Crippen LogP contribution is -2.46. The summed E-state index contributed by atoms with van der Waals surface area (Å²) in [6, 6.07) is 12.2. The van der Waals surface area contributed by atoms with Gasteiger partial charge in [0.25, 0.3) is 0 Å². The lowest BCUT2D eigenvalue weighted by molar-refractivity contribution is -0.116. The fourth-order valence-electron chi connectivity index (χ4n) is 3.71. The molecule has 30 heavy (non-hydrogen) atoms. The van der Waals surface area contributed by atoms with Crippen LogP contribution in [0.1, 0.15) is 12.0 Å². The van der Waals surface area contributed by atoms with E-state index in [-0.39, 0.29) is 16.6 Å². The Bertz CT molecular complexity index is 1080. The summed E-state index contributed by atoms with van der Waals surface area (Å²) in [4.78, 5) is 28.8. The van der Waals surface area contributed by atoms with Gasteiger partial charge in [-0.3, -0.25) is 14.5 Å². The number of aromatic nitrogens is 1. The molecule has 1 fully saturated rings. The van der Waals surface area contributed by atoms with Gasteiger partial charge in [-0.1, -0.05) is 23.5 Å². The Morgan fingerprint density at radius 3 is 2.50 bits per heavy atom. The molecule has 8 heteroatoms. The van der Waals surface area contributed by atoms with Gasteiger partial charge < -0.3 is 14.8 Å². The van der Waals surface area contributed by atoms with E-state index in [0.29, 0.717) is 6.42 Å². The monoisotopic (exact) mass is 428 g/mol. The molecule has 1 aromatic heterocycles. The number of rotatable bonds is 6. The van der Waals surface area contributed by atoms with Crippen molar-refractivity contribution in [2.24, 2.45) is 7.05 Å². The zero-order valence-corrected chi connectivity index (χ0v) is 17.8. The molecule has 0 saturated carbocycles. The molecular weight excluding hydrogens is 403 g/mol. The van der Waals surface area contributed by atoms with E-state index in [2.05, 4.69) is 15.1 Å². The Kier molecular flexibility index (Phi) is 6.26. The van der Waals surface area contributed by atoms with Gasteiger partial charge in [0.15, 0.2) is 0 Å². The molecule has 0 spiro atoms. The number of hydrogen-bond acceptors (Lipinski definition) is 5. The lowest BCUT2D eigenvalue weighted by Gasteiger charge is -2.34. The standard InChI is InChI=1S/C22H25FN4O2S/c1-25-19-7-6-18(14-20(19)30-22(25)29)24-21(28)8-9-26-10-12-27(13-11-26)15-16-2-4-17(23)5-3-16/h2-7,14H,8-13,15H2,1H3,(H,24,28). The number of thiazole rings is 1. The number of benzene rings is 2. The van der Waals surface area contributed by atoms with E-state index in [1.165, 1.54) is 23.5 Å². The third-order valence-electron chi connectivity index (χ3n) is 5.52. The summed E-state index contributed by atoms with van der Waals surface area (Å²) in [5, 5.41) is 2.94. The minimum Gasteiger partial charge on any atom is -0.326 e. The highest BCUT2D eigenvalue weighted by Crippen LogP contribution is 2.21. The third kappa shape index (κ3) is 4.95. The van der Waals surface area contributed by atoms with Crippen molar-refractivity contribution >= 4 is 33.1 Å². The first-order valence-electron chi connectivity index (χ1n) is 10.1. The smallest absolute Gasteiger partial charge is 0.307 e. The second kappa shape index (κ2) is 9.07. The van der Waals surface area contributed by atoms with Crippen LogP contribution in [-0.2, 0) is 18.4 Å². The van der Waals surface area contributed by atoms with E-state index in [1.54, 1.807) is 11.6 Å². The van der Waals surface area contributed by atoms with Crippen molar-refractivity contribution < 1.29 is 9.18 Å². The molecule has 1 aliphatic heterocycles. The molecule has 158 valence electrons. The molecule has 0 radical (unpaired) electrons. The highest BCUT2D eigenvalue weighted by molar-refractivity contribution is 7.16. The van der Waals surface area contributed by atoms with E-state index in [9.17, 15) is 14.0 Å². The summed E-state index contributed by atoms with van der Waals surface area (Å²) < 4.78 is 15.5. The molecule has 2 aromatic carbocycles. The van der Waals surface area contributed by atoms with Gasteiger partial charge in [0.05, 0.1) is 10.2 Å². The van der Waals surface area contributed by atoms with Crippen LogP contribution in [0.4, 0.5) is 10.1 Å². The van der Waals surface area contributed by atoms with Gasteiger partial charge >= 0.3 is 4.87 Å². The van der Waals surface area contributed by atoms with Crippen LogP contribution < -0.4 is 10.2 Å². The molecule has 2 heterocycles. The minimum absolute atomic E-state index is 0.00736. The van der Waals surface area contributed by atoms with Crippen LogP contribution in [0.15, 0.2) is 47.3 Å². The first-order valence-corrected chi connectivity index (χ1v) is 10.9. The normalized spacial score (nSPS) is 15.5. The minimum atomic E-state index is -0.207. The van der Waals surface area contributed by atoms with Gasteiger partial charge in [0, 0.05) is 58.4 Å². The molecular formula is C22H25FN4O2S. The van der Waals surface area contributed by atoms with E-state index in [1.807, 2.05) is 30.3 Å². The maximum absolute atomic E-state index is 13.0.